The lowest BCUT2D eigenvalue weighted by molar-refractivity contribution is 0.0772. The number of para-hydroxylation sites is 1. The van der Waals surface area contributed by atoms with Crippen LogP contribution >= 0.6 is 11.6 Å². The van der Waals surface area contributed by atoms with Crippen LogP contribution in [0.1, 0.15) is 16.8 Å². The number of nitrogens with zero attached hydrogens (tertiary/aromatic N) is 1. The highest BCUT2D eigenvalue weighted by molar-refractivity contribution is 6.33. The fraction of sp³-hybridized carbons (Fsp3) is 0.250. The van der Waals surface area contributed by atoms with E-state index in [1.54, 1.807) is 23.1 Å². The van der Waals surface area contributed by atoms with Crippen molar-refractivity contribution in [3.05, 3.63) is 40.9 Å². The molecule has 0 atom stereocenters. The maximum Gasteiger partial charge on any atom is 0.256 e. The molecule has 1 amide bonds. The summed E-state index contributed by atoms with van der Waals surface area (Å²) in [4.78, 5) is 13.9. The molecule has 0 saturated heterocycles. The zero-order valence-electron chi connectivity index (χ0n) is 8.82. The highest BCUT2D eigenvalue weighted by Gasteiger charge is 2.18. The van der Waals surface area contributed by atoms with Crippen LogP contribution in [0.4, 0.5) is 5.69 Å². The van der Waals surface area contributed by atoms with E-state index in [1.165, 1.54) is 0 Å². The van der Waals surface area contributed by atoms with E-state index in [0.29, 0.717) is 22.8 Å². The van der Waals surface area contributed by atoms with Crippen molar-refractivity contribution in [1.29, 1.82) is 0 Å². The van der Waals surface area contributed by atoms with Crippen LogP contribution in [0.5, 0.6) is 0 Å². The van der Waals surface area contributed by atoms with E-state index in [2.05, 4.69) is 6.08 Å². The van der Waals surface area contributed by atoms with Crippen molar-refractivity contribution in [2.75, 3.05) is 18.8 Å². The largest absolute Gasteiger partial charge is 0.397 e. The van der Waals surface area contributed by atoms with Crippen LogP contribution in [0.2, 0.25) is 5.02 Å². The highest BCUT2D eigenvalue weighted by Crippen LogP contribution is 2.24. The van der Waals surface area contributed by atoms with Gasteiger partial charge in [-0.3, -0.25) is 4.79 Å². The molecule has 1 aliphatic heterocycles. The van der Waals surface area contributed by atoms with Crippen molar-refractivity contribution in [2.45, 2.75) is 6.42 Å². The van der Waals surface area contributed by atoms with Gasteiger partial charge in [0, 0.05) is 13.1 Å². The van der Waals surface area contributed by atoms with Crippen LogP contribution in [0.25, 0.3) is 0 Å². The molecule has 16 heavy (non-hydrogen) atoms. The number of benzene rings is 1. The molecule has 0 unspecified atom stereocenters. The molecule has 2 rings (SSSR count). The number of amides is 1. The first-order valence-electron chi connectivity index (χ1n) is 5.18. The summed E-state index contributed by atoms with van der Waals surface area (Å²) >= 11 is 5.89. The molecular weight excluding hydrogens is 224 g/mol. The maximum absolute atomic E-state index is 12.1. The van der Waals surface area contributed by atoms with E-state index in [4.69, 9.17) is 17.3 Å². The number of rotatable bonds is 1. The van der Waals surface area contributed by atoms with Gasteiger partial charge in [0.25, 0.3) is 5.91 Å². The van der Waals surface area contributed by atoms with Gasteiger partial charge in [-0.05, 0) is 18.6 Å². The lowest BCUT2D eigenvalue weighted by Crippen LogP contribution is -2.34. The first kappa shape index (κ1) is 11.0. The number of halogens is 1. The minimum atomic E-state index is -0.0515. The summed E-state index contributed by atoms with van der Waals surface area (Å²) in [5, 5.41) is 0.429. The Bertz CT molecular complexity index is 443. The first-order chi connectivity index (χ1) is 7.70. The normalized spacial score (nSPS) is 15.2. The Hall–Kier alpha value is -1.48. The van der Waals surface area contributed by atoms with Gasteiger partial charge in [0.05, 0.1) is 16.3 Å². The fourth-order valence-corrected chi connectivity index (χ4v) is 1.89. The Kier molecular flexibility index (Phi) is 3.15. The summed E-state index contributed by atoms with van der Waals surface area (Å²) in [5.74, 6) is -0.0515. The van der Waals surface area contributed by atoms with E-state index in [9.17, 15) is 4.79 Å². The second-order valence-corrected chi connectivity index (χ2v) is 4.12. The number of anilines is 1. The first-order valence-corrected chi connectivity index (χ1v) is 5.56. The molecular formula is C12H13ClN2O. The molecule has 1 heterocycles. The molecule has 3 nitrogen and oxygen atoms in total. The third-order valence-corrected chi connectivity index (χ3v) is 2.96. The number of carbonyl (C=O) groups is 1. The van der Waals surface area contributed by atoms with Crippen molar-refractivity contribution in [1.82, 2.24) is 4.90 Å². The third kappa shape index (κ3) is 2.04. The molecule has 0 fully saturated rings. The second-order valence-electron chi connectivity index (χ2n) is 3.71. The van der Waals surface area contributed by atoms with Crippen molar-refractivity contribution < 1.29 is 4.79 Å². The highest BCUT2D eigenvalue weighted by atomic mass is 35.5. The summed E-state index contributed by atoms with van der Waals surface area (Å²) in [6.07, 6.45) is 4.96. The zero-order valence-corrected chi connectivity index (χ0v) is 9.57. The predicted octanol–water partition coefficient (Wildman–Crippen LogP) is 2.32. The van der Waals surface area contributed by atoms with Crippen molar-refractivity contribution in [3.8, 4) is 0 Å². The number of hydrogen-bond acceptors (Lipinski definition) is 2. The lowest BCUT2D eigenvalue weighted by atomic mass is 10.1. The molecule has 2 N–H and O–H groups in total. The van der Waals surface area contributed by atoms with Gasteiger partial charge in [-0.25, -0.2) is 0 Å². The second kappa shape index (κ2) is 4.58. The van der Waals surface area contributed by atoms with Crippen LogP contribution in [0.15, 0.2) is 30.4 Å². The Balaban J connectivity index is 2.26. The number of carbonyl (C=O) groups excluding carboxylic acids is 1. The van der Waals surface area contributed by atoms with E-state index in [1.807, 2.05) is 6.08 Å². The SMILES string of the molecule is Nc1c(Cl)cccc1C(=O)N1CC=CCC1. The summed E-state index contributed by atoms with van der Waals surface area (Å²) < 4.78 is 0. The van der Waals surface area contributed by atoms with Gasteiger partial charge in [0.15, 0.2) is 0 Å². The minimum absolute atomic E-state index is 0.0515. The topological polar surface area (TPSA) is 46.3 Å². The number of nitrogen functional groups attached to an aromatic ring is 1. The van der Waals surface area contributed by atoms with Crippen LogP contribution in [-0.4, -0.2) is 23.9 Å². The van der Waals surface area contributed by atoms with Crippen LogP contribution in [0, 0.1) is 0 Å². The molecule has 1 aromatic carbocycles. The average Bonchev–Trinajstić information content (AvgIpc) is 2.33. The molecule has 0 aliphatic carbocycles. The Morgan fingerprint density at radius 1 is 1.38 bits per heavy atom. The van der Waals surface area contributed by atoms with Gasteiger partial charge >= 0.3 is 0 Å². The number of nitrogens with two attached hydrogens (primary N) is 1. The van der Waals surface area contributed by atoms with Gasteiger partial charge in [0.1, 0.15) is 0 Å². The van der Waals surface area contributed by atoms with Crippen LogP contribution < -0.4 is 5.73 Å². The molecule has 84 valence electrons. The molecule has 0 saturated carbocycles. The predicted molar refractivity (Wildman–Crippen MR) is 65.5 cm³/mol. The summed E-state index contributed by atoms with van der Waals surface area (Å²) in [5.41, 5.74) is 6.65. The molecule has 1 aliphatic rings. The van der Waals surface area contributed by atoms with Crippen LogP contribution in [-0.2, 0) is 0 Å². The van der Waals surface area contributed by atoms with Crippen molar-refractivity contribution in [2.24, 2.45) is 0 Å². The lowest BCUT2D eigenvalue weighted by Gasteiger charge is -2.24. The van der Waals surface area contributed by atoms with Gasteiger partial charge in [-0.1, -0.05) is 29.8 Å². The van der Waals surface area contributed by atoms with Gasteiger partial charge < -0.3 is 10.6 Å². The van der Waals surface area contributed by atoms with Crippen LogP contribution in [0.3, 0.4) is 0 Å². The monoisotopic (exact) mass is 236 g/mol. The fourth-order valence-electron chi connectivity index (χ4n) is 1.72. The summed E-state index contributed by atoms with van der Waals surface area (Å²) in [6, 6.07) is 5.14. The zero-order chi connectivity index (χ0) is 11.5. The maximum atomic E-state index is 12.1. The van der Waals surface area contributed by atoms with Gasteiger partial charge in [0.2, 0.25) is 0 Å². The van der Waals surface area contributed by atoms with Crippen molar-refractivity contribution in [3.63, 3.8) is 0 Å². The quantitative estimate of drug-likeness (QED) is 0.601. The molecule has 0 radical (unpaired) electrons. The Morgan fingerprint density at radius 3 is 2.88 bits per heavy atom. The summed E-state index contributed by atoms with van der Waals surface area (Å²) in [6.45, 7) is 1.38. The molecule has 0 aromatic heterocycles. The van der Waals surface area contributed by atoms with E-state index >= 15 is 0 Å². The Labute approximate surface area is 99.5 Å². The van der Waals surface area contributed by atoms with Gasteiger partial charge in [-0.15, -0.1) is 0 Å². The number of hydrogen-bond donors (Lipinski definition) is 1. The average molecular weight is 237 g/mol. The minimum Gasteiger partial charge on any atom is -0.397 e. The molecule has 4 heteroatoms. The molecule has 0 spiro atoms. The third-order valence-electron chi connectivity index (χ3n) is 2.63. The van der Waals surface area contributed by atoms with E-state index in [0.717, 1.165) is 13.0 Å². The van der Waals surface area contributed by atoms with E-state index in [-0.39, 0.29) is 5.91 Å². The summed E-state index contributed by atoms with van der Waals surface area (Å²) in [7, 11) is 0. The molecule has 0 bridgehead atoms. The van der Waals surface area contributed by atoms with Gasteiger partial charge in [-0.2, -0.15) is 0 Å². The smallest absolute Gasteiger partial charge is 0.256 e. The standard InChI is InChI=1S/C12H13ClN2O/c13-10-6-4-5-9(11(10)14)12(16)15-7-2-1-3-8-15/h1-2,4-6H,3,7-8,14H2. The van der Waals surface area contributed by atoms with E-state index < -0.39 is 0 Å². The van der Waals surface area contributed by atoms with Crippen molar-refractivity contribution >= 4 is 23.2 Å². The molecule has 1 aromatic rings. The Morgan fingerprint density at radius 2 is 2.19 bits per heavy atom.